The summed E-state index contributed by atoms with van der Waals surface area (Å²) in [5.41, 5.74) is 0.986. The molecule has 0 saturated carbocycles. The van der Waals surface area contributed by atoms with Gasteiger partial charge in [0, 0.05) is 0 Å². The fourth-order valence-electron chi connectivity index (χ4n) is 1.04. The summed E-state index contributed by atoms with van der Waals surface area (Å²) in [7, 11) is 1.59. The Bertz CT molecular complexity index is 302. The van der Waals surface area contributed by atoms with Crippen molar-refractivity contribution in [2.75, 3.05) is 7.11 Å². The molecule has 0 spiro atoms. The van der Waals surface area contributed by atoms with Crippen LogP contribution in [-0.4, -0.2) is 7.11 Å². The molecule has 0 atom stereocenters. The summed E-state index contributed by atoms with van der Waals surface area (Å²) < 4.78 is 5.04. The first-order valence-corrected chi connectivity index (χ1v) is 4.73. The van der Waals surface area contributed by atoms with E-state index in [9.17, 15) is 0 Å². The molecule has 1 rings (SSSR count). The summed E-state index contributed by atoms with van der Waals surface area (Å²) >= 11 is 12.1. The van der Waals surface area contributed by atoms with Crippen LogP contribution in [0.5, 0.6) is 5.75 Å². The second-order valence-electron chi connectivity index (χ2n) is 3.32. The normalized spacial score (nSPS) is 11.5. The van der Waals surface area contributed by atoms with Crippen LogP contribution in [0.25, 0.3) is 0 Å². The highest BCUT2D eigenvalue weighted by atomic mass is 35.5. The average Bonchev–Trinajstić information content (AvgIpc) is 2.02. The minimum Gasteiger partial charge on any atom is -0.495 e. The molecule has 0 bridgehead atoms. The van der Waals surface area contributed by atoms with Gasteiger partial charge in [0.2, 0.25) is 0 Å². The molecule has 0 radical (unpaired) electrons. The van der Waals surface area contributed by atoms with Gasteiger partial charge < -0.3 is 4.74 Å². The van der Waals surface area contributed by atoms with E-state index >= 15 is 0 Å². The molecule has 0 saturated heterocycles. The Morgan fingerprint density at radius 2 is 1.92 bits per heavy atom. The molecule has 0 aliphatic rings. The van der Waals surface area contributed by atoms with Gasteiger partial charge in [0.15, 0.2) is 0 Å². The molecule has 72 valence electrons. The van der Waals surface area contributed by atoms with Crippen molar-refractivity contribution in [3.8, 4) is 5.75 Å². The number of hydrogen-bond donors (Lipinski definition) is 0. The first-order valence-electron chi connectivity index (χ1n) is 3.98. The minimum absolute atomic E-state index is 0.393. The predicted octanol–water partition coefficient (Wildman–Crippen LogP) is 3.82. The summed E-state index contributed by atoms with van der Waals surface area (Å²) in [5, 5.41) is 0.591. The Balaban J connectivity index is 3.10. The van der Waals surface area contributed by atoms with E-state index in [4.69, 9.17) is 27.9 Å². The van der Waals surface area contributed by atoms with Crippen LogP contribution in [0.1, 0.15) is 19.4 Å². The maximum absolute atomic E-state index is 6.13. The smallest absolute Gasteiger partial charge is 0.137 e. The maximum Gasteiger partial charge on any atom is 0.137 e. The molecule has 3 heteroatoms. The summed E-state index contributed by atoms with van der Waals surface area (Å²) in [6.07, 6.45) is 0. The highest BCUT2D eigenvalue weighted by Gasteiger charge is 2.17. The molecule has 0 N–H and O–H groups in total. The Kier molecular flexibility index (Phi) is 3.09. The lowest BCUT2D eigenvalue weighted by molar-refractivity contribution is 0.414. The lowest BCUT2D eigenvalue weighted by Crippen LogP contribution is -2.07. The van der Waals surface area contributed by atoms with Crippen LogP contribution < -0.4 is 4.74 Å². The van der Waals surface area contributed by atoms with E-state index in [1.165, 1.54) is 0 Å². The number of benzene rings is 1. The molecule has 0 aromatic heterocycles. The van der Waals surface area contributed by atoms with Gasteiger partial charge >= 0.3 is 0 Å². The zero-order valence-electron chi connectivity index (χ0n) is 7.90. The fraction of sp³-hybridized carbons (Fsp3) is 0.400. The molecule has 0 aliphatic carbocycles. The zero-order valence-corrected chi connectivity index (χ0v) is 9.41. The number of methoxy groups -OCH3 is 1. The van der Waals surface area contributed by atoms with Crippen molar-refractivity contribution < 1.29 is 4.74 Å². The molecule has 0 unspecified atom stereocenters. The molecule has 0 heterocycles. The van der Waals surface area contributed by atoms with Gasteiger partial charge in [0.05, 0.1) is 17.0 Å². The topological polar surface area (TPSA) is 9.23 Å². The van der Waals surface area contributed by atoms with E-state index in [0.29, 0.717) is 10.8 Å². The largest absolute Gasteiger partial charge is 0.495 e. The third-order valence-corrected chi connectivity index (χ3v) is 2.35. The van der Waals surface area contributed by atoms with Crippen molar-refractivity contribution in [3.05, 3.63) is 28.8 Å². The van der Waals surface area contributed by atoms with Crippen molar-refractivity contribution in [3.63, 3.8) is 0 Å². The molecule has 1 aromatic rings. The van der Waals surface area contributed by atoms with Gasteiger partial charge in [-0.05, 0) is 31.5 Å². The van der Waals surface area contributed by atoms with Gasteiger partial charge in [0.1, 0.15) is 5.75 Å². The summed E-state index contributed by atoms with van der Waals surface area (Å²) in [6, 6.07) is 5.56. The van der Waals surface area contributed by atoms with Crippen molar-refractivity contribution in [1.29, 1.82) is 0 Å². The average molecular weight is 219 g/mol. The van der Waals surface area contributed by atoms with E-state index in [-0.39, 0.29) is 0 Å². The van der Waals surface area contributed by atoms with Gasteiger partial charge in [-0.2, -0.15) is 0 Å². The van der Waals surface area contributed by atoms with Crippen LogP contribution >= 0.6 is 23.2 Å². The first-order chi connectivity index (χ1) is 5.95. The minimum atomic E-state index is -0.393. The van der Waals surface area contributed by atoms with Gasteiger partial charge in [-0.1, -0.05) is 17.7 Å². The molecule has 0 amide bonds. The van der Waals surface area contributed by atoms with E-state index in [1.807, 2.05) is 32.0 Å². The molecule has 0 fully saturated rings. The molecule has 13 heavy (non-hydrogen) atoms. The van der Waals surface area contributed by atoms with E-state index in [2.05, 4.69) is 0 Å². The maximum atomic E-state index is 6.13. The number of rotatable bonds is 2. The standard InChI is InChI=1S/C10H12Cl2O/c1-10(2,12)7-4-5-9(13-3)8(11)6-7/h4-6H,1-3H3. The number of alkyl halides is 1. The third-order valence-electron chi connectivity index (χ3n) is 1.84. The quantitative estimate of drug-likeness (QED) is 0.687. The number of halogens is 2. The Morgan fingerprint density at radius 1 is 1.31 bits per heavy atom. The second kappa shape index (κ2) is 3.77. The summed E-state index contributed by atoms with van der Waals surface area (Å²) in [5.74, 6) is 0.673. The van der Waals surface area contributed by atoms with Crippen molar-refractivity contribution in [2.24, 2.45) is 0 Å². The van der Waals surface area contributed by atoms with Crippen LogP contribution in [0, 0.1) is 0 Å². The highest BCUT2D eigenvalue weighted by molar-refractivity contribution is 6.32. The number of hydrogen-bond acceptors (Lipinski definition) is 1. The predicted molar refractivity (Wildman–Crippen MR) is 56.9 cm³/mol. The summed E-state index contributed by atoms with van der Waals surface area (Å²) in [6.45, 7) is 3.85. The van der Waals surface area contributed by atoms with Crippen LogP contribution in [0.3, 0.4) is 0 Å². The van der Waals surface area contributed by atoms with Crippen LogP contribution in [0.4, 0.5) is 0 Å². The van der Waals surface area contributed by atoms with Gasteiger partial charge in [-0.3, -0.25) is 0 Å². The number of ether oxygens (including phenoxy) is 1. The Labute approximate surface area is 88.6 Å². The van der Waals surface area contributed by atoms with Crippen molar-refractivity contribution in [2.45, 2.75) is 18.7 Å². The van der Waals surface area contributed by atoms with Crippen molar-refractivity contribution >= 4 is 23.2 Å². The monoisotopic (exact) mass is 218 g/mol. The molecule has 1 aromatic carbocycles. The third kappa shape index (κ3) is 2.52. The Hall–Kier alpha value is -0.400. The lowest BCUT2D eigenvalue weighted by atomic mass is 10.0. The summed E-state index contributed by atoms with van der Waals surface area (Å²) in [4.78, 5) is -0.393. The van der Waals surface area contributed by atoms with Gasteiger partial charge in [-0.25, -0.2) is 0 Å². The second-order valence-corrected chi connectivity index (χ2v) is 4.67. The fourth-order valence-corrected chi connectivity index (χ4v) is 1.41. The van der Waals surface area contributed by atoms with Crippen molar-refractivity contribution in [1.82, 2.24) is 0 Å². The van der Waals surface area contributed by atoms with Gasteiger partial charge in [-0.15, -0.1) is 11.6 Å². The molecular weight excluding hydrogens is 207 g/mol. The van der Waals surface area contributed by atoms with E-state index in [1.54, 1.807) is 7.11 Å². The molecule has 1 nitrogen and oxygen atoms in total. The highest BCUT2D eigenvalue weighted by Crippen LogP contribution is 2.33. The van der Waals surface area contributed by atoms with E-state index in [0.717, 1.165) is 5.56 Å². The Morgan fingerprint density at radius 3 is 2.31 bits per heavy atom. The van der Waals surface area contributed by atoms with Crippen LogP contribution in [0.15, 0.2) is 18.2 Å². The first kappa shape index (κ1) is 10.7. The van der Waals surface area contributed by atoms with Gasteiger partial charge in [0.25, 0.3) is 0 Å². The molecule has 0 aliphatic heterocycles. The lowest BCUT2D eigenvalue weighted by Gasteiger charge is -2.17. The SMILES string of the molecule is COc1ccc(C(C)(C)Cl)cc1Cl. The van der Waals surface area contributed by atoms with Crippen LogP contribution in [0.2, 0.25) is 5.02 Å². The zero-order chi connectivity index (χ0) is 10.1. The van der Waals surface area contributed by atoms with Crippen LogP contribution in [-0.2, 0) is 4.87 Å². The molecular formula is C10H12Cl2O. The van der Waals surface area contributed by atoms with E-state index < -0.39 is 4.87 Å².